The van der Waals surface area contributed by atoms with Crippen LogP contribution in [0.2, 0.25) is 0 Å². The van der Waals surface area contributed by atoms with Gasteiger partial charge < -0.3 is 14.7 Å². The largest absolute Gasteiger partial charge is 0.370 e. The number of nitrogens with zero attached hydrogens (tertiary/aromatic N) is 3. The van der Waals surface area contributed by atoms with Gasteiger partial charge in [0.15, 0.2) is 0 Å². The molecule has 1 aliphatic rings. The standard InChI is InChI=1S/C14H16N4O2/c1-10-8-12(20-17-10)14(19)16-13-5-4-11(9-15-13)18-6-2-3-7-18/h4-5,8-9H,2-3,6-7H2,1H3,(H,15,16,19). The van der Waals surface area contributed by atoms with Crippen molar-refractivity contribution in [3.05, 3.63) is 35.9 Å². The van der Waals surface area contributed by atoms with Crippen LogP contribution in [-0.4, -0.2) is 29.1 Å². The van der Waals surface area contributed by atoms with Crippen molar-refractivity contribution in [1.82, 2.24) is 10.1 Å². The molecule has 0 unspecified atom stereocenters. The molecule has 0 atom stereocenters. The number of aromatic nitrogens is 2. The van der Waals surface area contributed by atoms with E-state index in [-0.39, 0.29) is 11.7 Å². The van der Waals surface area contributed by atoms with Crippen LogP contribution in [0.3, 0.4) is 0 Å². The highest BCUT2D eigenvalue weighted by Gasteiger charge is 2.14. The molecule has 3 rings (SSSR count). The van der Waals surface area contributed by atoms with E-state index in [1.54, 1.807) is 25.3 Å². The zero-order valence-electron chi connectivity index (χ0n) is 11.3. The second-order valence-corrected chi connectivity index (χ2v) is 4.88. The lowest BCUT2D eigenvalue weighted by atomic mass is 10.3. The first kappa shape index (κ1) is 12.7. The summed E-state index contributed by atoms with van der Waals surface area (Å²) >= 11 is 0. The van der Waals surface area contributed by atoms with E-state index < -0.39 is 0 Å². The summed E-state index contributed by atoms with van der Waals surface area (Å²) in [4.78, 5) is 18.4. The van der Waals surface area contributed by atoms with Crippen LogP contribution in [-0.2, 0) is 0 Å². The highest BCUT2D eigenvalue weighted by molar-refractivity contribution is 6.01. The molecule has 1 N–H and O–H groups in total. The Balaban J connectivity index is 1.67. The molecule has 6 heteroatoms. The number of aryl methyl sites for hydroxylation is 1. The Bertz CT molecular complexity index is 600. The minimum absolute atomic E-state index is 0.188. The van der Waals surface area contributed by atoms with Crippen molar-refractivity contribution in [2.24, 2.45) is 0 Å². The quantitative estimate of drug-likeness (QED) is 0.927. The van der Waals surface area contributed by atoms with Gasteiger partial charge in [0.1, 0.15) is 5.82 Å². The molecule has 0 saturated carbocycles. The fourth-order valence-electron chi connectivity index (χ4n) is 2.27. The third-order valence-corrected chi connectivity index (χ3v) is 3.31. The molecule has 3 heterocycles. The minimum atomic E-state index is -0.341. The number of pyridine rings is 1. The molecule has 104 valence electrons. The van der Waals surface area contributed by atoms with Gasteiger partial charge in [0.2, 0.25) is 5.76 Å². The van der Waals surface area contributed by atoms with Crippen molar-refractivity contribution < 1.29 is 9.32 Å². The predicted octanol–water partition coefficient (Wildman–Crippen LogP) is 2.23. The molecule has 1 fully saturated rings. The number of nitrogens with one attached hydrogen (secondary N) is 1. The van der Waals surface area contributed by atoms with Gasteiger partial charge in [-0.3, -0.25) is 4.79 Å². The predicted molar refractivity (Wildman–Crippen MR) is 74.9 cm³/mol. The Labute approximate surface area is 116 Å². The van der Waals surface area contributed by atoms with Crippen LogP contribution in [0.5, 0.6) is 0 Å². The third-order valence-electron chi connectivity index (χ3n) is 3.31. The number of hydrogen-bond acceptors (Lipinski definition) is 5. The van der Waals surface area contributed by atoms with E-state index >= 15 is 0 Å². The maximum atomic E-state index is 11.9. The summed E-state index contributed by atoms with van der Waals surface area (Å²) in [6, 6.07) is 5.36. The van der Waals surface area contributed by atoms with Gasteiger partial charge in [-0.1, -0.05) is 5.16 Å². The summed E-state index contributed by atoms with van der Waals surface area (Å²) in [6.07, 6.45) is 4.24. The van der Waals surface area contributed by atoms with Gasteiger partial charge in [-0.25, -0.2) is 4.98 Å². The van der Waals surface area contributed by atoms with E-state index in [2.05, 4.69) is 20.4 Å². The second kappa shape index (κ2) is 5.32. The highest BCUT2D eigenvalue weighted by atomic mass is 16.5. The van der Waals surface area contributed by atoms with Crippen molar-refractivity contribution in [2.45, 2.75) is 19.8 Å². The third kappa shape index (κ3) is 2.64. The number of carbonyl (C=O) groups is 1. The monoisotopic (exact) mass is 272 g/mol. The lowest BCUT2D eigenvalue weighted by molar-refractivity contribution is 0.0987. The Morgan fingerprint density at radius 3 is 2.75 bits per heavy atom. The topological polar surface area (TPSA) is 71.3 Å². The number of anilines is 2. The molecule has 20 heavy (non-hydrogen) atoms. The molecule has 6 nitrogen and oxygen atoms in total. The summed E-state index contributed by atoms with van der Waals surface area (Å²) in [5.41, 5.74) is 1.77. The van der Waals surface area contributed by atoms with E-state index in [0.29, 0.717) is 11.5 Å². The first-order chi connectivity index (χ1) is 9.72. The van der Waals surface area contributed by atoms with Gasteiger partial charge in [-0.15, -0.1) is 0 Å². The molecule has 2 aromatic rings. The SMILES string of the molecule is Cc1cc(C(=O)Nc2ccc(N3CCCC3)cn2)on1. The van der Waals surface area contributed by atoms with Crippen LogP contribution in [0, 0.1) is 6.92 Å². The Kier molecular flexibility index (Phi) is 3.37. The van der Waals surface area contributed by atoms with Crippen molar-refractivity contribution >= 4 is 17.4 Å². The number of rotatable bonds is 3. The molecule has 0 aromatic carbocycles. The van der Waals surface area contributed by atoms with Crippen LogP contribution in [0.15, 0.2) is 28.9 Å². The molecule has 0 spiro atoms. The summed E-state index contributed by atoms with van der Waals surface area (Å²) in [5.74, 6) is 0.354. The number of amides is 1. The molecule has 1 saturated heterocycles. The van der Waals surface area contributed by atoms with E-state index in [1.165, 1.54) is 12.8 Å². The average Bonchev–Trinajstić information content (AvgIpc) is 3.10. The van der Waals surface area contributed by atoms with Crippen LogP contribution < -0.4 is 10.2 Å². The number of hydrogen-bond donors (Lipinski definition) is 1. The van der Waals surface area contributed by atoms with Crippen molar-refractivity contribution in [1.29, 1.82) is 0 Å². The first-order valence-electron chi connectivity index (χ1n) is 6.68. The fraction of sp³-hybridized carbons (Fsp3) is 0.357. The number of carbonyl (C=O) groups excluding carboxylic acids is 1. The molecule has 1 aliphatic heterocycles. The van der Waals surface area contributed by atoms with Crippen LogP contribution in [0.25, 0.3) is 0 Å². The van der Waals surface area contributed by atoms with Gasteiger partial charge in [0.25, 0.3) is 5.91 Å². The highest BCUT2D eigenvalue weighted by Crippen LogP contribution is 2.20. The molecule has 0 bridgehead atoms. The molecule has 1 amide bonds. The molecule has 2 aromatic heterocycles. The Morgan fingerprint density at radius 1 is 1.35 bits per heavy atom. The summed E-state index contributed by atoms with van der Waals surface area (Å²) in [6.45, 7) is 3.92. The van der Waals surface area contributed by atoms with Gasteiger partial charge in [-0.05, 0) is 31.9 Å². The minimum Gasteiger partial charge on any atom is -0.370 e. The average molecular weight is 272 g/mol. The summed E-state index contributed by atoms with van der Waals surface area (Å²) < 4.78 is 4.91. The van der Waals surface area contributed by atoms with Crippen LogP contribution in [0.4, 0.5) is 11.5 Å². The van der Waals surface area contributed by atoms with Gasteiger partial charge in [0.05, 0.1) is 17.6 Å². The van der Waals surface area contributed by atoms with E-state index in [0.717, 1.165) is 18.8 Å². The maximum absolute atomic E-state index is 11.9. The fourth-order valence-corrected chi connectivity index (χ4v) is 2.27. The van der Waals surface area contributed by atoms with E-state index in [1.807, 2.05) is 6.07 Å². The lowest BCUT2D eigenvalue weighted by Gasteiger charge is -2.17. The van der Waals surface area contributed by atoms with Crippen molar-refractivity contribution in [3.8, 4) is 0 Å². The van der Waals surface area contributed by atoms with Crippen molar-refractivity contribution in [2.75, 3.05) is 23.3 Å². The van der Waals surface area contributed by atoms with Gasteiger partial charge in [0, 0.05) is 19.2 Å². The molecule has 0 radical (unpaired) electrons. The Morgan fingerprint density at radius 2 is 2.15 bits per heavy atom. The first-order valence-corrected chi connectivity index (χ1v) is 6.68. The molecular weight excluding hydrogens is 256 g/mol. The zero-order valence-corrected chi connectivity index (χ0v) is 11.3. The summed E-state index contributed by atoms with van der Waals surface area (Å²) in [7, 11) is 0. The van der Waals surface area contributed by atoms with Crippen molar-refractivity contribution in [3.63, 3.8) is 0 Å². The van der Waals surface area contributed by atoms with Crippen LogP contribution in [0.1, 0.15) is 29.1 Å². The van der Waals surface area contributed by atoms with E-state index in [4.69, 9.17) is 4.52 Å². The second-order valence-electron chi connectivity index (χ2n) is 4.88. The smallest absolute Gasteiger partial charge is 0.295 e. The lowest BCUT2D eigenvalue weighted by Crippen LogP contribution is -2.18. The van der Waals surface area contributed by atoms with Crippen LogP contribution >= 0.6 is 0 Å². The van der Waals surface area contributed by atoms with Gasteiger partial charge in [-0.2, -0.15) is 0 Å². The molecular formula is C14H16N4O2. The maximum Gasteiger partial charge on any atom is 0.295 e. The molecule has 0 aliphatic carbocycles. The summed E-state index contributed by atoms with van der Waals surface area (Å²) in [5, 5.41) is 6.37. The zero-order chi connectivity index (χ0) is 13.9. The Hall–Kier alpha value is -2.37. The van der Waals surface area contributed by atoms with Gasteiger partial charge >= 0.3 is 0 Å². The normalized spacial score (nSPS) is 14.6. The van der Waals surface area contributed by atoms with E-state index in [9.17, 15) is 4.79 Å².